The molecule has 0 fully saturated rings. The topological polar surface area (TPSA) is 95.5 Å². The number of amides is 3. The van der Waals surface area contributed by atoms with Crippen LogP contribution in [0.1, 0.15) is 25.3 Å². The lowest BCUT2D eigenvalue weighted by molar-refractivity contribution is -0.138. The minimum absolute atomic E-state index is 0.00633. The van der Waals surface area contributed by atoms with Crippen LogP contribution in [-0.2, 0) is 9.59 Å². The molecular weight excluding hydrogens is 260 g/mol. The zero-order chi connectivity index (χ0) is 15.1. The molecule has 108 valence electrons. The van der Waals surface area contributed by atoms with Crippen LogP contribution in [0.5, 0.6) is 0 Å². The molecule has 0 radical (unpaired) electrons. The summed E-state index contributed by atoms with van der Waals surface area (Å²) in [4.78, 5) is 33.5. The Labute approximate surface area is 117 Å². The molecule has 0 aliphatic rings. The lowest BCUT2D eigenvalue weighted by Gasteiger charge is -2.09. The van der Waals surface area contributed by atoms with Gasteiger partial charge in [-0.25, -0.2) is 4.79 Å². The van der Waals surface area contributed by atoms with E-state index in [4.69, 9.17) is 5.11 Å². The van der Waals surface area contributed by atoms with Crippen LogP contribution < -0.4 is 10.6 Å². The fraction of sp³-hybridized carbons (Fsp3) is 0.357. The average Bonchev–Trinajstić information content (AvgIpc) is 2.30. The summed E-state index contributed by atoms with van der Waals surface area (Å²) < 4.78 is 0. The molecule has 0 heterocycles. The van der Waals surface area contributed by atoms with Gasteiger partial charge in [-0.2, -0.15) is 0 Å². The normalized spacial score (nSPS) is 11.5. The van der Waals surface area contributed by atoms with Gasteiger partial charge in [-0.15, -0.1) is 0 Å². The van der Waals surface area contributed by atoms with Gasteiger partial charge in [0.25, 0.3) is 0 Å². The van der Waals surface area contributed by atoms with Gasteiger partial charge >= 0.3 is 12.0 Å². The van der Waals surface area contributed by atoms with Crippen molar-refractivity contribution in [2.45, 2.75) is 26.7 Å². The van der Waals surface area contributed by atoms with Crippen LogP contribution in [0.15, 0.2) is 24.3 Å². The van der Waals surface area contributed by atoms with Crippen LogP contribution in [0, 0.1) is 12.8 Å². The number of aliphatic carboxylic acids is 1. The fourth-order valence-corrected chi connectivity index (χ4v) is 1.66. The van der Waals surface area contributed by atoms with Crippen LogP contribution in [0.25, 0.3) is 0 Å². The van der Waals surface area contributed by atoms with Crippen molar-refractivity contribution in [3.05, 3.63) is 29.8 Å². The Morgan fingerprint density at radius 3 is 2.30 bits per heavy atom. The van der Waals surface area contributed by atoms with Crippen molar-refractivity contribution in [2.75, 3.05) is 5.32 Å². The second-order valence-corrected chi connectivity index (χ2v) is 4.78. The number of aryl methyl sites for hydroxylation is 1. The van der Waals surface area contributed by atoms with E-state index in [-0.39, 0.29) is 18.8 Å². The summed E-state index contributed by atoms with van der Waals surface area (Å²) in [5.41, 5.74) is 1.65. The van der Waals surface area contributed by atoms with E-state index in [2.05, 4.69) is 10.6 Å². The largest absolute Gasteiger partial charge is 0.481 e. The van der Waals surface area contributed by atoms with E-state index in [1.165, 1.54) is 0 Å². The number of hydrogen-bond donors (Lipinski definition) is 3. The van der Waals surface area contributed by atoms with E-state index in [9.17, 15) is 14.4 Å². The summed E-state index contributed by atoms with van der Waals surface area (Å²) in [7, 11) is 0. The predicted octanol–water partition coefficient (Wildman–Crippen LogP) is 2.14. The Kier molecular flexibility index (Phi) is 5.71. The van der Waals surface area contributed by atoms with Gasteiger partial charge in [0.15, 0.2) is 0 Å². The van der Waals surface area contributed by atoms with Crippen molar-refractivity contribution < 1.29 is 19.5 Å². The number of urea groups is 1. The number of nitrogens with one attached hydrogen (secondary N) is 2. The lowest BCUT2D eigenvalue weighted by Crippen LogP contribution is -2.35. The smallest absolute Gasteiger partial charge is 0.325 e. The molecule has 0 aromatic heterocycles. The Morgan fingerprint density at radius 2 is 1.75 bits per heavy atom. The molecule has 0 aliphatic carbocycles. The molecule has 0 saturated carbocycles. The summed E-state index contributed by atoms with van der Waals surface area (Å²) in [6.45, 7) is 3.57. The van der Waals surface area contributed by atoms with Gasteiger partial charge in [0.1, 0.15) is 0 Å². The third-order valence-corrected chi connectivity index (χ3v) is 2.62. The maximum absolute atomic E-state index is 11.6. The zero-order valence-electron chi connectivity index (χ0n) is 11.5. The minimum Gasteiger partial charge on any atom is -0.481 e. The molecule has 0 saturated heterocycles. The third-order valence-electron chi connectivity index (χ3n) is 2.62. The highest BCUT2D eigenvalue weighted by atomic mass is 16.4. The molecule has 1 aromatic rings. The number of carboxylic acids is 1. The molecule has 3 amide bonds. The fourth-order valence-electron chi connectivity index (χ4n) is 1.66. The Hall–Kier alpha value is -2.37. The molecule has 1 atom stereocenters. The van der Waals surface area contributed by atoms with E-state index in [0.717, 1.165) is 5.56 Å². The summed E-state index contributed by atoms with van der Waals surface area (Å²) in [5, 5.41) is 13.3. The van der Waals surface area contributed by atoms with Crippen molar-refractivity contribution in [1.29, 1.82) is 0 Å². The number of carbonyl (C=O) groups is 3. The Balaban J connectivity index is 2.40. The van der Waals surface area contributed by atoms with Crippen LogP contribution in [0.4, 0.5) is 10.5 Å². The van der Waals surface area contributed by atoms with Crippen molar-refractivity contribution in [3.63, 3.8) is 0 Å². The van der Waals surface area contributed by atoms with E-state index >= 15 is 0 Å². The Morgan fingerprint density at radius 1 is 1.15 bits per heavy atom. The van der Waals surface area contributed by atoms with E-state index in [1.807, 2.05) is 19.1 Å². The molecule has 0 aliphatic heterocycles. The highest BCUT2D eigenvalue weighted by molar-refractivity contribution is 6.01. The second-order valence-electron chi connectivity index (χ2n) is 4.78. The highest BCUT2D eigenvalue weighted by Gasteiger charge is 2.14. The van der Waals surface area contributed by atoms with Gasteiger partial charge in [0.05, 0.1) is 0 Å². The van der Waals surface area contributed by atoms with Gasteiger partial charge in [-0.3, -0.25) is 14.9 Å². The number of carbonyl (C=O) groups excluding carboxylic acids is 2. The molecule has 3 N–H and O–H groups in total. The number of rotatable bonds is 5. The molecule has 1 unspecified atom stereocenters. The van der Waals surface area contributed by atoms with Crippen molar-refractivity contribution in [2.24, 2.45) is 5.92 Å². The Bertz CT molecular complexity index is 496. The average molecular weight is 278 g/mol. The summed E-state index contributed by atoms with van der Waals surface area (Å²) in [5.74, 6) is -1.78. The molecule has 20 heavy (non-hydrogen) atoms. The molecule has 0 spiro atoms. The lowest BCUT2D eigenvalue weighted by atomic mass is 10.0. The summed E-state index contributed by atoms with van der Waals surface area (Å²) >= 11 is 0. The van der Waals surface area contributed by atoms with Gasteiger partial charge in [0.2, 0.25) is 5.91 Å². The number of benzene rings is 1. The first-order chi connectivity index (χ1) is 9.36. The third kappa shape index (κ3) is 5.99. The van der Waals surface area contributed by atoms with Gasteiger partial charge in [0, 0.05) is 18.5 Å². The van der Waals surface area contributed by atoms with Crippen molar-refractivity contribution in [3.8, 4) is 0 Å². The van der Waals surface area contributed by atoms with E-state index in [1.54, 1.807) is 19.1 Å². The molecule has 6 nitrogen and oxygen atoms in total. The minimum atomic E-state index is -0.964. The molecule has 1 rings (SSSR count). The van der Waals surface area contributed by atoms with Crippen LogP contribution >= 0.6 is 0 Å². The van der Waals surface area contributed by atoms with E-state index < -0.39 is 17.9 Å². The van der Waals surface area contributed by atoms with Crippen molar-refractivity contribution in [1.82, 2.24) is 5.32 Å². The maximum Gasteiger partial charge on any atom is 0.325 e. The maximum atomic E-state index is 11.6. The van der Waals surface area contributed by atoms with Crippen LogP contribution in [-0.4, -0.2) is 23.0 Å². The monoisotopic (exact) mass is 278 g/mol. The number of hydrogen-bond acceptors (Lipinski definition) is 3. The van der Waals surface area contributed by atoms with E-state index in [0.29, 0.717) is 5.69 Å². The summed E-state index contributed by atoms with van der Waals surface area (Å²) in [6.07, 6.45) is -0.110. The molecular formula is C14H18N2O4. The SMILES string of the molecule is Cc1ccc(NC(=O)NC(=O)CC(C)CC(=O)O)cc1. The molecule has 0 bridgehead atoms. The van der Waals surface area contributed by atoms with Crippen LogP contribution in [0.2, 0.25) is 0 Å². The number of anilines is 1. The van der Waals surface area contributed by atoms with Crippen LogP contribution in [0.3, 0.4) is 0 Å². The van der Waals surface area contributed by atoms with Gasteiger partial charge in [-0.1, -0.05) is 24.6 Å². The first kappa shape index (κ1) is 15.7. The molecule has 1 aromatic carbocycles. The first-order valence-corrected chi connectivity index (χ1v) is 6.26. The van der Waals surface area contributed by atoms with Gasteiger partial charge < -0.3 is 10.4 Å². The van der Waals surface area contributed by atoms with Gasteiger partial charge in [-0.05, 0) is 25.0 Å². The van der Waals surface area contributed by atoms with Crippen molar-refractivity contribution >= 4 is 23.6 Å². The standard InChI is InChI=1S/C14H18N2O4/c1-9-3-5-11(6-4-9)15-14(20)16-12(17)7-10(2)8-13(18)19/h3-6,10H,7-8H2,1-2H3,(H,18,19)(H2,15,16,17,20). The number of imide groups is 1. The predicted molar refractivity (Wildman–Crippen MR) is 74.4 cm³/mol. The number of carboxylic acid groups (broad SMARTS) is 1. The first-order valence-electron chi connectivity index (χ1n) is 6.26. The molecule has 6 heteroatoms. The summed E-state index contributed by atoms with van der Waals surface area (Å²) in [6, 6.07) is 6.51. The zero-order valence-corrected chi connectivity index (χ0v) is 11.5. The highest BCUT2D eigenvalue weighted by Crippen LogP contribution is 2.09. The quantitative estimate of drug-likeness (QED) is 0.769. The second kappa shape index (κ2) is 7.28.